The molecule has 4 heterocycles. The monoisotopic (exact) mass is 286 g/mol. The van der Waals surface area contributed by atoms with E-state index in [1.165, 1.54) is 0 Å². The van der Waals surface area contributed by atoms with Crippen LogP contribution in [0.15, 0.2) is 6.58 Å². The molecule has 2 aliphatic heterocycles. The molecular weight excluding hydrogens is 268 g/mol. The topological polar surface area (TPSA) is 87.5 Å². The van der Waals surface area contributed by atoms with Crippen LogP contribution in [0.4, 0.5) is 0 Å². The fraction of sp³-hybridized carbons (Fsp3) is 0.538. The molecule has 2 aliphatic rings. The van der Waals surface area contributed by atoms with E-state index in [-0.39, 0.29) is 0 Å². The van der Waals surface area contributed by atoms with Crippen LogP contribution in [0.2, 0.25) is 0 Å². The standard InChI is InChI=1S/C13H18N8/c1-9(20-6-3-10-11(8-20)17-19-16-10)13-15-12-2-4-14-5-7-21(12)18-13/h14H,1-8H2,(H,16,17,19). The third-order valence-electron chi connectivity index (χ3n) is 4.08. The Kier molecular flexibility index (Phi) is 2.95. The summed E-state index contributed by atoms with van der Waals surface area (Å²) in [6.45, 7) is 8.54. The molecule has 2 N–H and O–H groups in total. The Hall–Kier alpha value is -2.22. The molecule has 0 fully saturated rings. The summed E-state index contributed by atoms with van der Waals surface area (Å²) < 4.78 is 1.99. The molecule has 0 aliphatic carbocycles. The molecule has 0 atom stereocenters. The van der Waals surface area contributed by atoms with Gasteiger partial charge in [-0.05, 0) is 0 Å². The van der Waals surface area contributed by atoms with Crippen LogP contribution in [-0.4, -0.2) is 54.7 Å². The Balaban J connectivity index is 1.55. The van der Waals surface area contributed by atoms with Crippen molar-refractivity contribution in [1.29, 1.82) is 0 Å². The van der Waals surface area contributed by atoms with Crippen molar-refractivity contribution in [3.63, 3.8) is 0 Å². The molecule has 0 radical (unpaired) electrons. The summed E-state index contributed by atoms with van der Waals surface area (Å²) in [5.41, 5.74) is 2.92. The van der Waals surface area contributed by atoms with Gasteiger partial charge in [0.25, 0.3) is 0 Å². The average Bonchev–Trinajstić information content (AvgIpc) is 3.08. The fourth-order valence-corrected chi connectivity index (χ4v) is 2.84. The van der Waals surface area contributed by atoms with Gasteiger partial charge in [-0.15, -0.1) is 5.10 Å². The van der Waals surface area contributed by atoms with Crippen LogP contribution in [0.3, 0.4) is 0 Å². The molecule has 110 valence electrons. The lowest BCUT2D eigenvalue weighted by Gasteiger charge is -2.27. The van der Waals surface area contributed by atoms with Gasteiger partial charge in [0.05, 0.1) is 24.5 Å². The number of hydrogen-bond acceptors (Lipinski definition) is 6. The summed E-state index contributed by atoms with van der Waals surface area (Å²) in [5, 5.41) is 19.0. The molecule has 2 aromatic heterocycles. The van der Waals surface area contributed by atoms with Crippen LogP contribution in [0, 0.1) is 0 Å². The van der Waals surface area contributed by atoms with Crippen LogP contribution >= 0.6 is 0 Å². The number of nitrogens with one attached hydrogen (secondary N) is 2. The van der Waals surface area contributed by atoms with Crippen molar-refractivity contribution in [2.24, 2.45) is 0 Å². The minimum atomic E-state index is 0.718. The van der Waals surface area contributed by atoms with E-state index in [4.69, 9.17) is 0 Å². The van der Waals surface area contributed by atoms with Gasteiger partial charge < -0.3 is 10.2 Å². The van der Waals surface area contributed by atoms with Crippen LogP contribution < -0.4 is 5.32 Å². The minimum Gasteiger partial charge on any atom is -0.362 e. The van der Waals surface area contributed by atoms with Crippen molar-refractivity contribution in [3.8, 4) is 0 Å². The zero-order chi connectivity index (χ0) is 14.2. The van der Waals surface area contributed by atoms with E-state index in [1.54, 1.807) is 0 Å². The highest BCUT2D eigenvalue weighted by molar-refractivity contribution is 5.55. The smallest absolute Gasteiger partial charge is 0.197 e. The number of hydrogen-bond donors (Lipinski definition) is 2. The van der Waals surface area contributed by atoms with Crippen molar-refractivity contribution in [3.05, 3.63) is 29.6 Å². The first kappa shape index (κ1) is 12.5. The Morgan fingerprint density at radius 2 is 2.00 bits per heavy atom. The number of fused-ring (bicyclic) bond motifs is 2. The Morgan fingerprint density at radius 3 is 2.95 bits per heavy atom. The van der Waals surface area contributed by atoms with Gasteiger partial charge in [-0.1, -0.05) is 6.58 Å². The number of aromatic amines is 1. The SMILES string of the molecule is C=C(c1nc2n(n1)CCNCC2)N1CCc2n[nH]nc2C1. The van der Waals surface area contributed by atoms with Crippen molar-refractivity contribution < 1.29 is 0 Å². The molecular formula is C13H18N8. The molecule has 0 unspecified atom stereocenters. The first-order valence-corrected chi connectivity index (χ1v) is 7.28. The molecule has 8 nitrogen and oxygen atoms in total. The van der Waals surface area contributed by atoms with E-state index in [2.05, 4.69) is 42.3 Å². The molecule has 0 spiro atoms. The second kappa shape index (κ2) is 4.96. The third kappa shape index (κ3) is 2.21. The highest BCUT2D eigenvalue weighted by Crippen LogP contribution is 2.22. The van der Waals surface area contributed by atoms with Gasteiger partial charge >= 0.3 is 0 Å². The molecule has 4 rings (SSSR count). The van der Waals surface area contributed by atoms with Crippen LogP contribution in [-0.2, 0) is 25.9 Å². The van der Waals surface area contributed by atoms with Gasteiger partial charge in [0.1, 0.15) is 11.5 Å². The minimum absolute atomic E-state index is 0.718. The summed E-state index contributed by atoms with van der Waals surface area (Å²) in [4.78, 5) is 6.84. The number of rotatable bonds is 2. The zero-order valence-electron chi connectivity index (χ0n) is 11.8. The van der Waals surface area contributed by atoms with E-state index in [9.17, 15) is 0 Å². The van der Waals surface area contributed by atoms with Gasteiger partial charge in [0, 0.05) is 32.5 Å². The van der Waals surface area contributed by atoms with E-state index in [1.807, 2.05) is 4.68 Å². The summed E-state index contributed by atoms with van der Waals surface area (Å²) >= 11 is 0. The molecule has 8 heteroatoms. The number of aromatic nitrogens is 6. The van der Waals surface area contributed by atoms with E-state index >= 15 is 0 Å². The molecule has 0 aromatic carbocycles. The first-order valence-electron chi connectivity index (χ1n) is 7.28. The van der Waals surface area contributed by atoms with Gasteiger partial charge in [-0.3, -0.25) is 0 Å². The number of nitrogens with zero attached hydrogens (tertiary/aromatic N) is 6. The average molecular weight is 286 g/mol. The van der Waals surface area contributed by atoms with Crippen molar-refractivity contribution in [2.75, 3.05) is 19.6 Å². The second-order valence-corrected chi connectivity index (χ2v) is 5.41. The highest BCUT2D eigenvalue weighted by atomic mass is 15.4. The van der Waals surface area contributed by atoms with Crippen molar-refractivity contribution >= 4 is 5.70 Å². The molecule has 0 bridgehead atoms. The second-order valence-electron chi connectivity index (χ2n) is 5.41. The molecule has 2 aromatic rings. The molecule has 0 saturated carbocycles. The molecule has 0 amide bonds. The maximum atomic E-state index is 4.66. The lowest BCUT2D eigenvalue weighted by atomic mass is 10.1. The van der Waals surface area contributed by atoms with Crippen molar-refractivity contribution in [1.82, 2.24) is 40.4 Å². The Labute approximate surface area is 122 Å². The largest absolute Gasteiger partial charge is 0.362 e. The fourth-order valence-electron chi connectivity index (χ4n) is 2.84. The lowest BCUT2D eigenvalue weighted by molar-refractivity contribution is 0.364. The van der Waals surface area contributed by atoms with Crippen LogP contribution in [0.1, 0.15) is 23.0 Å². The predicted molar refractivity (Wildman–Crippen MR) is 76.1 cm³/mol. The van der Waals surface area contributed by atoms with Crippen molar-refractivity contribution in [2.45, 2.75) is 25.9 Å². The van der Waals surface area contributed by atoms with Crippen LogP contribution in [0.25, 0.3) is 5.70 Å². The first-order chi connectivity index (χ1) is 10.3. The van der Waals surface area contributed by atoms with Gasteiger partial charge in [0.2, 0.25) is 0 Å². The maximum Gasteiger partial charge on any atom is 0.197 e. The normalized spacial score (nSPS) is 18.0. The van der Waals surface area contributed by atoms with Crippen LogP contribution in [0.5, 0.6) is 0 Å². The summed E-state index contributed by atoms with van der Waals surface area (Å²) in [6.07, 6.45) is 1.79. The van der Waals surface area contributed by atoms with E-state index < -0.39 is 0 Å². The Morgan fingerprint density at radius 1 is 1.10 bits per heavy atom. The maximum absolute atomic E-state index is 4.66. The Bertz CT molecular complexity index is 646. The molecule has 21 heavy (non-hydrogen) atoms. The highest BCUT2D eigenvalue weighted by Gasteiger charge is 2.24. The van der Waals surface area contributed by atoms with E-state index in [0.717, 1.165) is 74.3 Å². The zero-order valence-corrected chi connectivity index (χ0v) is 11.8. The third-order valence-corrected chi connectivity index (χ3v) is 4.08. The van der Waals surface area contributed by atoms with Gasteiger partial charge in [0.15, 0.2) is 5.82 Å². The molecule has 0 saturated heterocycles. The van der Waals surface area contributed by atoms with E-state index in [0.29, 0.717) is 0 Å². The summed E-state index contributed by atoms with van der Waals surface area (Å²) in [7, 11) is 0. The predicted octanol–water partition coefficient (Wildman–Crippen LogP) is -0.429. The van der Waals surface area contributed by atoms with Gasteiger partial charge in [-0.2, -0.15) is 15.4 Å². The summed E-state index contributed by atoms with van der Waals surface area (Å²) in [6, 6.07) is 0. The quantitative estimate of drug-likeness (QED) is 0.779. The number of H-pyrrole nitrogens is 1. The lowest BCUT2D eigenvalue weighted by Crippen LogP contribution is -2.29. The van der Waals surface area contributed by atoms with Gasteiger partial charge in [-0.25, -0.2) is 9.67 Å². The summed E-state index contributed by atoms with van der Waals surface area (Å²) in [5.74, 6) is 1.77.